The third-order valence-electron chi connectivity index (χ3n) is 5.51. The summed E-state index contributed by atoms with van der Waals surface area (Å²) in [5.74, 6) is 0.704. The Labute approximate surface area is 178 Å². The second-order valence-corrected chi connectivity index (χ2v) is 8.75. The number of pyridine rings is 1. The smallest absolute Gasteiger partial charge is 0.227 e. The molecule has 2 aromatic rings. The Morgan fingerprint density at radius 2 is 1.77 bits per heavy atom. The standard InChI is InChI=1S/C24H31N3O3/c1-24(2,3)23(29)27-15-12-17(13-16-27)22(28)26-21(19-10-7-8-14-25-19)18-9-5-6-11-20(18)30-4/h5-11,14,17,21H,12-13,15-16H2,1-4H3,(H,26,28). The van der Waals surface area contributed by atoms with E-state index in [1.807, 2.05) is 68.1 Å². The first-order valence-electron chi connectivity index (χ1n) is 10.4. The maximum absolute atomic E-state index is 13.1. The van der Waals surface area contributed by atoms with E-state index in [1.54, 1.807) is 13.3 Å². The Kier molecular flexibility index (Phi) is 6.75. The molecular weight excluding hydrogens is 378 g/mol. The summed E-state index contributed by atoms with van der Waals surface area (Å²) in [6.45, 7) is 7.00. The van der Waals surface area contributed by atoms with Gasteiger partial charge in [-0.25, -0.2) is 0 Å². The van der Waals surface area contributed by atoms with Crippen LogP contribution in [0.3, 0.4) is 0 Å². The van der Waals surface area contributed by atoms with E-state index < -0.39 is 11.5 Å². The van der Waals surface area contributed by atoms with Gasteiger partial charge in [0.2, 0.25) is 11.8 Å². The molecule has 1 N–H and O–H groups in total. The van der Waals surface area contributed by atoms with Gasteiger partial charge in [0.1, 0.15) is 5.75 Å². The molecule has 0 spiro atoms. The number of likely N-dealkylation sites (tertiary alicyclic amines) is 1. The number of nitrogens with one attached hydrogen (secondary N) is 1. The lowest BCUT2D eigenvalue weighted by Gasteiger charge is -2.35. The number of hydrogen-bond acceptors (Lipinski definition) is 4. The van der Waals surface area contributed by atoms with Crippen molar-refractivity contribution in [3.05, 3.63) is 59.9 Å². The highest BCUT2D eigenvalue weighted by molar-refractivity contribution is 5.83. The van der Waals surface area contributed by atoms with E-state index >= 15 is 0 Å². The zero-order valence-electron chi connectivity index (χ0n) is 18.2. The Morgan fingerprint density at radius 3 is 2.37 bits per heavy atom. The molecule has 1 aliphatic rings. The van der Waals surface area contributed by atoms with Crippen LogP contribution in [0.1, 0.15) is 50.9 Å². The third kappa shape index (κ3) is 4.99. The van der Waals surface area contributed by atoms with Crippen LogP contribution in [0.5, 0.6) is 5.75 Å². The number of carbonyl (C=O) groups excluding carboxylic acids is 2. The summed E-state index contributed by atoms with van der Waals surface area (Å²) >= 11 is 0. The van der Waals surface area contributed by atoms with Crippen LogP contribution in [0, 0.1) is 11.3 Å². The summed E-state index contributed by atoms with van der Waals surface area (Å²) < 4.78 is 5.52. The van der Waals surface area contributed by atoms with E-state index in [1.165, 1.54) is 0 Å². The number of para-hydroxylation sites is 1. The summed E-state index contributed by atoms with van der Waals surface area (Å²) in [6, 6.07) is 12.9. The van der Waals surface area contributed by atoms with Gasteiger partial charge in [-0.2, -0.15) is 0 Å². The van der Waals surface area contributed by atoms with E-state index in [2.05, 4.69) is 10.3 Å². The molecule has 1 unspecified atom stereocenters. The topological polar surface area (TPSA) is 71.5 Å². The van der Waals surface area contributed by atoms with Crippen molar-refractivity contribution < 1.29 is 14.3 Å². The number of nitrogens with zero attached hydrogens (tertiary/aromatic N) is 2. The largest absolute Gasteiger partial charge is 0.496 e. The fourth-order valence-electron chi connectivity index (χ4n) is 3.84. The lowest BCUT2D eigenvalue weighted by atomic mass is 9.90. The van der Waals surface area contributed by atoms with E-state index in [-0.39, 0.29) is 17.7 Å². The molecule has 160 valence electrons. The Morgan fingerprint density at radius 1 is 1.10 bits per heavy atom. The lowest BCUT2D eigenvalue weighted by Crippen LogP contribution is -2.47. The van der Waals surface area contributed by atoms with Crippen molar-refractivity contribution in [3.63, 3.8) is 0 Å². The molecular formula is C24H31N3O3. The maximum atomic E-state index is 13.1. The first kappa shape index (κ1) is 21.8. The van der Waals surface area contributed by atoms with Crippen LogP contribution < -0.4 is 10.1 Å². The van der Waals surface area contributed by atoms with Gasteiger partial charge in [0.15, 0.2) is 0 Å². The number of piperidine rings is 1. The lowest BCUT2D eigenvalue weighted by molar-refractivity contribution is -0.142. The first-order chi connectivity index (χ1) is 14.3. The van der Waals surface area contributed by atoms with Crippen LogP contribution >= 0.6 is 0 Å². The van der Waals surface area contributed by atoms with Gasteiger partial charge in [0.05, 0.1) is 18.8 Å². The monoisotopic (exact) mass is 409 g/mol. The minimum atomic E-state index is -0.400. The van der Waals surface area contributed by atoms with Gasteiger partial charge in [0, 0.05) is 36.2 Å². The number of rotatable bonds is 5. The van der Waals surface area contributed by atoms with Gasteiger partial charge < -0.3 is 15.0 Å². The van der Waals surface area contributed by atoms with Crippen molar-refractivity contribution in [2.75, 3.05) is 20.2 Å². The highest BCUT2D eigenvalue weighted by atomic mass is 16.5. The zero-order valence-corrected chi connectivity index (χ0v) is 18.2. The van der Waals surface area contributed by atoms with Gasteiger partial charge in [-0.15, -0.1) is 0 Å². The SMILES string of the molecule is COc1ccccc1C(NC(=O)C1CCN(C(=O)C(C)(C)C)CC1)c1ccccn1. The molecule has 1 aromatic carbocycles. The fraction of sp³-hybridized carbons (Fsp3) is 0.458. The van der Waals surface area contributed by atoms with E-state index in [0.717, 1.165) is 11.3 Å². The molecule has 6 heteroatoms. The summed E-state index contributed by atoms with van der Waals surface area (Å²) in [5, 5.41) is 3.18. The number of ether oxygens (including phenoxy) is 1. The molecule has 1 saturated heterocycles. The summed E-state index contributed by atoms with van der Waals surface area (Å²) in [4.78, 5) is 32.0. The molecule has 1 atom stereocenters. The molecule has 30 heavy (non-hydrogen) atoms. The van der Waals surface area contributed by atoms with Crippen molar-refractivity contribution in [2.45, 2.75) is 39.7 Å². The van der Waals surface area contributed by atoms with Crippen LogP contribution in [-0.2, 0) is 9.59 Å². The second kappa shape index (κ2) is 9.28. The van der Waals surface area contributed by atoms with Crippen LogP contribution in [0.4, 0.5) is 0 Å². The number of benzene rings is 1. The quantitative estimate of drug-likeness (QED) is 0.819. The Bertz CT molecular complexity index is 869. The number of hydrogen-bond donors (Lipinski definition) is 1. The van der Waals surface area contributed by atoms with E-state index in [9.17, 15) is 9.59 Å². The van der Waals surface area contributed by atoms with Crippen LogP contribution in [0.25, 0.3) is 0 Å². The van der Waals surface area contributed by atoms with Crippen molar-refractivity contribution >= 4 is 11.8 Å². The molecule has 0 saturated carbocycles. The third-order valence-corrected chi connectivity index (χ3v) is 5.51. The van der Waals surface area contributed by atoms with Gasteiger partial charge >= 0.3 is 0 Å². The van der Waals surface area contributed by atoms with Gasteiger partial charge in [-0.05, 0) is 31.0 Å². The molecule has 6 nitrogen and oxygen atoms in total. The molecule has 0 radical (unpaired) electrons. The first-order valence-corrected chi connectivity index (χ1v) is 10.4. The zero-order chi connectivity index (χ0) is 21.7. The summed E-state index contributed by atoms with van der Waals surface area (Å²) in [7, 11) is 1.62. The summed E-state index contributed by atoms with van der Waals surface area (Å²) in [6.07, 6.45) is 3.05. The fourth-order valence-corrected chi connectivity index (χ4v) is 3.84. The highest BCUT2D eigenvalue weighted by Crippen LogP contribution is 2.30. The predicted octanol–water partition coefficient (Wildman–Crippen LogP) is 3.58. The van der Waals surface area contributed by atoms with Crippen LogP contribution in [0.2, 0.25) is 0 Å². The van der Waals surface area contributed by atoms with Crippen molar-refractivity contribution in [2.24, 2.45) is 11.3 Å². The molecule has 0 bridgehead atoms. The van der Waals surface area contributed by atoms with E-state index in [4.69, 9.17) is 4.74 Å². The Hall–Kier alpha value is -2.89. The predicted molar refractivity (Wildman–Crippen MR) is 116 cm³/mol. The molecule has 1 fully saturated rings. The molecule has 1 aliphatic heterocycles. The van der Waals surface area contributed by atoms with Gasteiger partial charge in [-0.1, -0.05) is 45.0 Å². The average molecular weight is 410 g/mol. The maximum Gasteiger partial charge on any atom is 0.227 e. The molecule has 1 aromatic heterocycles. The number of aromatic nitrogens is 1. The van der Waals surface area contributed by atoms with Gasteiger partial charge in [-0.3, -0.25) is 14.6 Å². The van der Waals surface area contributed by atoms with E-state index in [0.29, 0.717) is 31.7 Å². The normalized spacial score (nSPS) is 16.1. The second-order valence-electron chi connectivity index (χ2n) is 8.75. The number of amides is 2. The van der Waals surface area contributed by atoms with Crippen molar-refractivity contribution in [1.82, 2.24) is 15.2 Å². The molecule has 0 aliphatic carbocycles. The number of carbonyl (C=O) groups is 2. The molecule has 2 amide bonds. The van der Waals surface area contributed by atoms with Crippen molar-refractivity contribution in [1.29, 1.82) is 0 Å². The Balaban J connectivity index is 1.74. The summed E-state index contributed by atoms with van der Waals surface area (Å²) in [5.41, 5.74) is 1.23. The highest BCUT2D eigenvalue weighted by Gasteiger charge is 2.33. The minimum Gasteiger partial charge on any atom is -0.496 e. The van der Waals surface area contributed by atoms with Crippen LogP contribution in [0.15, 0.2) is 48.7 Å². The molecule has 2 heterocycles. The molecule has 3 rings (SSSR count). The van der Waals surface area contributed by atoms with Crippen molar-refractivity contribution in [3.8, 4) is 5.75 Å². The van der Waals surface area contributed by atoms with Crippen LogP contribution in [-0.4, -0.2) is 41.9 Å². The van der Waals surface area contributed by atoms with Gasteiger partial charge in [0.25, 0.3) is 0 Å². The average Bonchev–Trinajstić information content (AvgIpc) is 2.77. The number of methoxy groups -OCH3 is 1. The minimum absolute atomic E-state index is 0.0144.